The Morgan fingerprint density at radius 3 is 2.81 bits per heavy atom. The highest BCUT2D eigenvalue weighted by molar-refractivity contribution is 8.14. The van der Waals surface area contributed by atoms with Gasteiger partial charge in [-0.2, -0.15) is 10.2 Å². The second kappa shape index (κ2) is 10.9. The average Bonchev–Trinajstić information content (AvgIpc) is 3.02. The van der Waals surface area contributed by atoms with Crippen LogP contribution in [0.2, 0.25) is 0 Å². The second-order valence-corrected chi connectivity index (χ2v) is 7.67. The van der Waals surface area contributed by atoms with Gasteiger partial charge in [0.2, 0.25) is 11.0 Å². The zero-order valence-corrected chi connectivity index (χ0v) is 16.5. The number of amides is 1. The van der Waals surface area contributed by atoms with Crippen LogP contribution in [-0.4, -0.2) is 49.3 Å². The minimum Gasteiger partial charge on any atom is -0.382 e. The number of rotatable bonds is 9. The quantitative estimate of drug-likeness (QED) is 0.496. The first-order valence-corrected chi connectivity index (χ1v) is 10.2. The normalized spacial score (nSPS) is 17.2. The number of hydrogen-bond donors (Lipinski definition) is 2. The van der Waals surface area contributed by atoms with Gasteiger partial charge in [0.05, 0.1) is 18.3 Å². The van der Waals surface area contributed by atoms with E-state index in [1.807, 2.05) is 48.7 Å². The van der Waals surface area contributed by atoms with Gasteiger partial charge < -0.3 is 15.5 Å². The van der Waals surface area contributed by atoms with Crippen molar-refractivity contribution in [3.05, 3.63) is 35.9 Å². The van der Waals surface area contributed by atoms with E-state index in [9.17, 15) is 9.59 Å². The first-order valence-electron chi connectivity index (χ1n) is 8.17. The van der Waals surface area contributed by atoms with Crippen LogP contribution in [0.3, 0.4) is 0 Å². The Balaban J connectivity index is 1.57. The molecule has 0 aliphatic carbocycles. The molecule has 1 aromatic carbocycles. The van der Waals surface area contributed by atoms with Crippen LogP contribution < -0.4 is 15.5 Å². The number of carbonyl (C=O) groups is 2. The number of anilines is 1. The monoisotopic (exact) mass is 393 g/mol. The van der Waals surface area contributed by atoms with Gasteiger partial charge in [-0.25, -0.2) is 0 Å². The van der Waals surface area contributed by atoms with Gasteiger partial charge in [0.25, 0.3) is 0 Å². The Bertz CT molecular complexity index is 662. The van der Waals surface area contributed by atoms with Crippen LogP contribution in [0.15, 0.2) is 46.1 Å². The first-order chi connectivity index (χ1) is 12.6. The number of hydrogen-bond acceptors (Lipinski definition) is 8. The maximum absolute atomic E-state index is 11.7. The summed E-state index contributed by atoms with van der Waals surface area (Å²) in [5.74, 6) is 1.09. The van der Waals surface area contributed by atoms with Crippen LogP contribution >= 0.6 is 23.5 Å². The molecule has 0 spiro atoms. The first kappa shape index (κ1) is 20.3. The average molecular weight is 394 g/mol. The van der Waals surface area contributed by atoms with Gasteiger partial charge in [0.15, 0.2) is 0 Å². The molecule has 1 aliphatic rings. The lowest BCUT2D eigenvalue weighted by Crippen LogP contribution is -2.41. The van der Waals surface area contributed by atoms with Crippen molar-refractivity contribution in [1.82, 2.24) is 10.6 Å². The van der Waals surface area contributed by atoms with E-state index in [0.717, 1.165) is 17.1 Å². The van der Waals surface area contributed by atoms with Crippen molar-refractivity contribution in [2.75, 3.05) is 37.2 Å². The Morgan fingerprint density at radius 2 is 2.15 bits per heavy atom. The molecule has 0 aromatic heterocycles. The molecule has 1 atom stereocenters. The third-order valence-corrected chi connectivity index (χ3v) is 5.10. The molecule has 1 heterocycles. The summed E-state index contributed by atoms with van der Waals surface area (Å²) in [6, 6.07) is 7.50. The van der Waals surface area contributed by atoms with Crippen LogP contribution in [0, 0.1) is 0 Å². The molecule has 1 aromatic rings. The molecule has 140 valence electrons. The number of thioether (sulfide) groups is 2. The number of nitrogens with zero attached hydrogens (tertiary/aromatic N) is 3. The summed E-state index contributed by atoms with van der Waals surface area (Å²) < 4.78 is 0. The van der Waals surface area contributed by atoms with Gasteiger partial charge in [-0.1, -0.05) is 11.8 Å². The molecule has 0 saturated carbocycles. The van der Waals surface area contributed by atoms with Crippen molar-refractivity contribution in [2.45, 2.75) is 12.5 Å². The number of carbonyl (C=O) groups excluding carboxylic acids is 2. The summed E-state index contributed by atoms with van der Waals surface area (Å²) in [4.78, 5) is 25.1. The minimum atomic E-state index is -0.333. The van der Waals surface area contributed by atoms with Gasteiger partial charge in [0.1, 0.15) is 5.88 Å². The fourth-order valence-corrected chi connectivity index (χ4v) is 3.46. The minimum absolute atomic E-state index is 0.0474. The summed E-state index contributed by atoms with van der Waals surface area (Å²) in [5, 5.41) is 15.7. The molecule has 1 aliphatic heterocycles. The Kier molecular flexibility index (Phi) is 8.49. The molecule has 1 saturated heterocycles. The number of benzene rings is 1. The molecule has 2 rings (SSSR count). The molecular formula is C17H23N5O2S2. The predicted molar refractivity (Wildman–Crippen MR) is 109 cm³/mol. The van der Waals surface area contributed by atoms with Crippen LogP contribution in [-0.2, 0) is 9.59 Å². The van der Waals surface area contributed by atoms with Gasteiger partial charge >= 0.3 is 0 Å². The summed E-state index contributed by atoms with van der Waals surface area (Å²) in [7, 11) is 3.98. The van der Waals surface area contributed by atoms with E-state index < -0.39 is 0 Å². The van der Waals surface area contributed by atoms with Gasteiger partial charge in [-0.15, -0.1) is 11.8 Å². The standard InChI is InChI=1S/C17H23N5O2S2/c1-22(2)14-5-3-13(4-6-14)21-19-12-25-10-8-18-11-16(23)20-15-7-9-26-17(15)24/h3-6,8,10,15,18H,7,9,11-12H2,1-2H3,(H,20,23)/b10-8-,21-19+. The SMILES string of the molecule is CN(C)c1ccc(/N=N/CS/C=C\NCC(=O)NC2CCSC2=O)cc1. The lowest BCUT2D eigenvalue weighted by molar-refractivity contribution is -0.123. The fourth-order valence-electron chi connectivity index (χ4n) is 2.12. The molecule has 1 fully saturated rings. The van der Waals surface area contributed by atoms with Crippen molar-refractivity contribution in [2.24, 2.45) is 10.2 Å². The maximum Gasteiger partial charge on any atom is 0.239 e. The number of nitrogens with one attached hydrogen (secondary N) is 2. The highest BCUT2D eigenvalue weighted by Gasteiger charge is 2.26. The molecule has 0 radical (unpaired) electrons. The Labute approximate surface area is 162 Å². The third kappa shape index (κ3) is 7.09. The lowest BCUT2D eigenvalue weighted by atomic mass is 10.2. The van der Waals surface area contributed by atoms with E-state index in [2.05, 4.69) is 20.9 Å². The van der Waals surface area contributed by atoms with Crippen molar-refractivity contribution in [3.63, 3.8) is 0 Å². The highest BCUT2D eigenvalue weighted by Crippen LogP contribution is 2.19. The Hall–Kier alpha value is -2.00. The van der Waals surface area contributed by atoms with Gasteiger partial charge in [-0.3, -0.25) is 9.59 Å². The molecule has 2 N–H and O–H groups in total. The van der Waals surface area contributed by atoms with Crippen molar-refractivity contribution >= 4 is 45.9 Å². The summed E-state index contributed by atoms with van der Waals surface area (Å²) in [6.07, 6.45) is 2.40. The van der Waals surface area contributed by atoms with Crippen molar-refractivity contribution < 1.29 is 9.59 Å². The topological polar surface area (TPSA) is 86.2 Å². The summed E-state index contributed by atoms with van der Waals surface area (Å²) >= 11 is 2.74. The van der Waals surface area contributed by atoms with E-state index in [4.69, 9.17) is 0 Å². The van der Waals surface area contributed by atoms with Crippen LogP contribution in [0.1, 0.15) is 6.42 Å². The largest absolute Gasteiger partial charge is 0.382 e. The number of azo groups is 1. The van der Waals surface area contributed by atoms with Gasteiger partial charge in [0, 0.05) is 31.7 Å². The summed E-state index contributed by atoms with van der Waals surface area (Å²) in [5.41, 5.74) is 1.93. The summed E-state index contributed by atoms with van der Waals surface area (Å²) in [6.45, 7) is 0.144. The third-order valence-electron chi connectivity index (χ3n) is 3.50. The molecule has 1 unspecified atom stereocenters. The van der Waals surface area contributed by atoms with E-state index in [0.29, 0.717) is 12.3 Å². The molecular weight excluding hydrogens is 370 g/mol. The maximum atomic E-state index is 11.7. The molecule has 26 heavy (non-hydrogen) atoms. The van der Waals surface area contributed by atoms with Crippen LogP contribution in [0.5, 0.6) is 0 Å². The molecule has 0 bridgehead atoms. The smallest absolute Gasteiger partial charge is 0.239 e. The zero-order valence-electron chi connectivity index (χ0n) is 14.8. The molecule has 7 nitrogen and oxygen atoms in total. The second-order valence-electron chi connectivity index (χ2n) is 5.71. The molecule has 9 heteroatoms. The van der Waals surface area contributed by atoms with E-state index in [1.165, 1.54) is 23.5 Å². The van der Waals surface area contributed by atoms with E-state index in [1.54, 1.807) is 6.20 Å². The van der Waals surface area contributed by atoms with E-state index >= 15 is 0 Å². The molecule has 1 amide bonds. The predicted octanol–water partition coefficient (Wildman–Crippen LogP) is 2.74. The van der Waals surface area contributed by atoms with Crippen LogP contribution in [0.25, 0.3) is 0 Å². The fraction of sp³-hybridized carbons (Fsp3) is 0.412. The van der Waals surface area contributed by atoms with E-state index in [-0.39, 0.29) is 23.6 Å². The van der Waals surface area contributed by atoms with Crippen molar-refractivity contribution in [3.8, 4) is 0 Å². The van der Waals surface area contributed by atoms with Crippen molar-refractivity contribution in [1.29, 1.82) is 0 Å². The Morgan fingerprint density at radius 1 is 1.38 bits per heavy atom. The zero-order chi connectivity index (χ0) is 18.8. The highest BCUT2D eigenvalue weighted by atomic mass is 32.2. The lowest BCUT2D eigenvalue weighted by Gasteiger charge is -2.11. The van der Waals surface area contributed by atoms with Crippen LogP contribution in [0.4, 0.5) is 11.4 Å². The van der Waals surface area contributed by atoms with Gasteiger partial charge in [-0.05, 0) is 36.1 Å².